The molecule has 0 spiro atoms. The predicted molar refractivity (Wildman–Crippen MR) is 78.2 cm³/mol. The van der Waals surface area contributed by atoms with Crippen LogP contribution in [0.25, 0.3) is 0 Å². The summed E-state index contributed by atoms with van der Waals surface area (Å²) in [4.78, 5) is 25.2. The predicted octanol–water partition coefficient (Wildman–Crippen LogP) is 1.08. The molecule has 1 amide bonds. The van der Waals surface area contributed by atoms with Crippen LogP contribution in [-0.4, -0.2) is 40.7 Å². The summed E-state index contributed by atoms with van der Waals surface area (Å²) < 4.78 is 1.63. The molecule has 1 rings (SSSR count). The molecule has 7 heteroatoms. The van der Waals surface area contributed by atoms with Gasteiger partial charge in [-0.2, -0.15) is 5.10 Å². The Morgan fingerprint density at radius 3 is 2.84 bits per heavy atom. The Bertz CT molecular complexity index is 539. The van der Waals surface area contributed by atoms with E-state index in [-0.39, 0.29) is 11.5 Å². The van der Waals surface area contributed by atoms with Crippen molar-refractivity contribution in [3.8, 4) is 0 Å². The Morgan fingerprint density at radius 1 is 1.68 bits per heavy atom. The average molecular weight is 329 g/mol. The van der Waals surface area contributed by atoms with Gasteiger partial charge in [-0.25, -0.2) is 4.68 Å². The number of rotatable bonds is 5. The summed E-state index contributed by atoms with van der Waals surface area (Å²) in [6.45, 7) is 5.62. The fraction of sp³-hybridized carbons (Fsp3) is 0.417. The molecule has 0 aliphatic heterocycles. The van der Waals surface area contributed by atoms with E-state index in [0.717, 1.165) is 0 Å². The minimum atomic E-state index is -0.442. The minimum Gasteiger partial charge on any atom is -0.372 e. The lowest BCUT2D eigenvalue weighted by Crippen LogP contribution is -2.37. The molecule has 6 nitrogen and oxygen atoms in total. The van der Waals surface area contributed by atoms with Crippen molar-refractivity contribution in [3.63, 3.8) is 0 Å². The van der Waals surface area contributed by atoms with Crippen molar-refractivity contribution < 1.29 is 4.79 Å². The van der Waals surface area contributed by atoms with Gasteiger partial charge in [-0.3, -0.25) is 9.59 Å². The van der Waals surface area contributed by atoms with Gasteiger partial charge in [0.05, 0.1) is 18.4 Å². The highest BCUT2D eigenvalue weighted by molar-refractivity contribution is 9.10. The maximum atomic E-state index is 11.9. The third-order valence-corrected chi connectivity index (χ3v) is 3.24. The van der Waals surface area contributed by atoms with Crippen molar-refractivity contribution in [1.29, 1.82) is 0 Å². The van der Waals surface area contributed by atoms with Crippen LogP contribution in [-0.2, 0) is 11.3 Å². The van der Waals surface area contributed by atoms with E-state index in [1.807, 2.05) is 0 Å². The van der Waals surface area contributed by atoms with Crippen LogP contribution in [0.3, 0.4) is 0 Å². The third kappa shape index (κ3) is 3.66. The summed E-state index contributed by atoms with van der Waals surface area (Å²) in [5.74, 6) is -0.0813. The number of halogens is 1. The quantitative estimate of drug-likeness (QED) is 0.821. The lowest BCUT2D eigenvalue weighted by Gasteiger charge is -2.19. The van der Waals surface area contributed by atoms with Crippen LogP contribution in [0, 0.1) is 0 Å². The van der Waals surface area contributed by atoms with Crippen molar-refractivity contribution in [3.05, 3.63) is 33.7 Å². The Hall–Kier alpha value is -1.63. The topological polar surface area (TPSA) is 67.2 Å². The molecular weight excluding hydrogens is 312 g/mol. The lowest BCUT2D eigenvalue weighted by molar-refractivity contribution is -0.129. The van der Waals surface area contributed by atoms with Gasteiger partial charge in [-0.05, 0) is 22.9 Å². The van der Waals surface area contributed by atoms with Crippen LogP contribution < -0.4 is 10.9 Å². The van der Waals surface area contributed by atoms with Gasteiger partial charge in [0.1, 0.15) is 10.5 Å². The SMILES string of the molecule is C=CCn1ncc(NC(C)C(=O)N(C)C)c(Br)c1=O. The molecule has 1 N–H and O–H groups in total. The van der Waals surface area contributed by atoms with E-state index in [2.05, 4.69) is 32.9 Å². The van der Waals surface area contributed by atoms with Gasteiger partial charge >= 0.3 is 0 Å². The van der Waals surface area contributed by atoms with E-state index >= 15 is 0 Å². The van der Waals surface area contributed by atoms with Crippen molar-refractivity contribution >= 4 is 27.5 Å². The zero-order valence-corrected chi connectivity index (χ0v) is 12.8. The molecule has 0 aromatic carbocycles. The Labute approximate surface area is 120 Å². The number of likely N-dealkylation sites (N-methyl/N-ethyl adjacent to an activating group) is 1. The monoisotopic (exact) mass is 328 g/mol. The van der Waals surface area contributed by atoms with E-state index in [1.165, 1.54) is 15.8 Å². The molecule has 1 atom stereocenters. The van der Waals surface area contributed by atoms with Crippen molar-refractivity contribution in [2.45, 2.75) is 19.5 Å². The van der Waals surface area contributed by atoms with E-state index < -0.39 is 6.04 Å². The highest BCUT2D eigenvalue weighted by atomic mass is 79.9. The first-order valence-electron chi connectivity index (χ1n) is 5.72. The number of nitrogens with one attached hydrogen (secondary N) is 1. The fourth-order valence-electron chi connectivity index (χ4n) is 1.50. The number of carbonyl (C=O) groups is 1. The Balaban J connectivity index is 2.98. The number of hydrogen-bond donors (Lipinski definition) is 1. The first-order valence-corrected chi connectivity index (χ1v) is 6.52. The molecule has 1 heterocycles. The van der Waals surface area contributed by atoms with Gasteiger partial charge in [-0.1, -0.05) is 6.08 Å². The largest absolute Gasteiger partial charge is 0.372 e. The fourth-order valence-corrected chi connectivity index (χ4v) is 1.92. The number of nitrogens with zero attached hydrogens (tertiary/aromatic N) is 3. The second-order valence-electron chi connectivity index (χ2n) is 4.25. The molecule has 0 saturated heterocycles. The summed E-state index contributed by atoms with van der Waals surface area (Å²) in [7, 11) is 3.35. The van der Waals surface area contributed by atoms with E-state index in [0.29, 0.717) is 16.7 Å². The van der Waals surface area contributed by atoms with Gasteiger partial charge in [-0.15, -0.1) is 6.58 Å². The summed E-state index contributed by atoms with van der Waals surface area (Å²) in [5, 5.41) is 6.96. The summed E-state index contributed by atoms with van der Waals surface area (Å²) >= 11 is 3.22. The van der Waals surface area contributed by atoms with Gasteiger partial charge < -0.3 is 10.2 Å². The second kappa shape index (κ2) is 6.51. The van der Waals surface area contributed by atoms with Crippen LogP contribution in [0.4, 0.5) is 5.69 Å². The molecule has 104 valence electrons. The highest BCUT2D eigenvalue weighted by Gasteiger charge is 2.17. The lowest BCUT2D eigenvalue weighted by atomic mass is 10.3. The standard InChI is InChI=1S/C12H17BrN4O2/c1-5-6-17-12(19)10(13)9(7-14-17)15-8(2)11(18)16(3)4/h5,7-8,15H,1,6H2,2-4H3. The van der Waals surface area contributed by atoms with E-state index in [4.69, 9.17) is 0 Å². The molecule has 0 aliphatic carbocycles. The molecule has 0 bridgehead atoms. The van der Waals surface area contributed by atoms with Gasteiger partial charge in [0.15, 0.2) is 0 Å². The molecule has 0 fully saturated rings. The molecule has 1 aromatic heterocycles. The first-order chi connectivity index (χ1) is 8.88. The van der Waals surface area contributed by atoms with E-state index in [9.17, 15) is 9.59 Å². The molecular formula is C12H17BrN4O2. The molecule has 1 aromatic rings. The smallest absolute Gasteiger partial charge is 0.283 e. The van der Waals surface area contributed by atoms with Gasteiger partial charge in [0, 0.05) is 14.1 Å². The maximum Gasteiger partial charge on any atom is 0.283 e. The summed E-state index contributed by atoms with van der Waals surface area (Å²) in [6.07, 6.45) is 3.10. The molecule has 19 heavy (non-hydrogen) atoms. The van der Waals surface area contributed by atoms with Crippen LogP contribution >= 0.6 is 15.9 Å². The van der Waals surface area contributed by atoms with E-state index in [1.54, 1.807) is 27.1 Å². The highest BCUT2D eigenvalue weighted by Crippen LogP contribution is 2.17. The maximum absolute atomic E-state index is 11.9. The summed E-state index contributed by atoms with van der Waals surface area (Å²) in [5.41, 5.74) is 0.224. The first kappa shape index (κ1) is 15.4. The number of carbonyl (C=O) groups excluding carboxylic acids is 1. The molecule has 0 saturated carbocycles. The second-order valence-corrected chi connectivity index (χ2v) is 5.04. The van der Waals surface area contributed by atoms with Crippen LogP contribution in [0.1, 0.15) is 6.92 Å². The molecule has 1 unspecified atom stereocenters. The van der Waals surface area contributed by atoms with Gasteiger partial charge in [0.25, 0.3) is 5.56 Å². The Kier molecular flexibility index (Phi) is 5.29. The van der Waals surface area contributed by atoms with Crippen molar-refractivity contribution in [2.24, 2.45) is 0 Å². The number of anilines is 1. The number of hydrogen-bond acceptors (Lipinski definition) is 4. The number of allylic oxidation sites excluding steroid dienone is 1. The van der Waals surface area contributed by atoms with Crippen molar-refractivity contribution in [2.75, 3.05) is 19.4 Å². The molecule has 0 aliphatic rings. The summed E-state index contributed by atoms with van der Waals surface area (Å²) in [6, 6.07) is -0.442. The van der Waals surface area contributed by atoms with Crippen LogP contribution in [0.2, 0.25) is 0 Å². The minimum absolute atomic E-state index is 0.0813. The number of aromatic nitrogens is 2. The Morgan fingerprint density at radius 2 is 2.32 bits per heavy atom. The average Bonchev–Trinajstić information content (AvgIpc) is 2.37. The van der Waals surface area contributed by atoms with Crippen LogP contribution in [0.5, 0.6) is 0 Å². The van der Waals surface area contributed by atoms with Crippen LogP contribution in [0.15, 0.2) is 28.1 Å². The third-order valence-electron chi connectivity index (χ3n) is 2.47. The van der Waals surface area contributed by atoms with Gasteiger partial charge in [0.2, 0.25) is 5.91 Å². The number of amides is 1. The normalized spacial score (nSPS) is 11.8. The van der Waals surface area contributed by atoms with Crippen molar-refractivity contribution in [1.82, 2.24) is 14.7 Å². The zero-order chi connectivity index (χ0) is 14.6. The zero-order valence-electron chi connectivity index (χ0n) is 11.2. The molecule has 0 radical (unpaired) electrons.